The van der Waals surface area contributed by atoms with Crippen LogP contribution in [0.15, 0.2) is 0 Å². The molecule has 112 valence electrons. The van der Waals surface area contributed by atoms with Crippen LogP contribution in [-0.4, -0.2) is 42.2 Å². The first-order valence-electron chi connectivity index (χ1n) is 5.20. The van der Waals surface area contributed by atoms with Gasteiger partial charge in [-0.1, -0.05) is 20.8 Å². The molecular formula is C8H20ClO6PS2. The first kappa shape index (κ1) is 20.8. The molecule has 0 saturated heterocycles. The first-order valence-corrected chi connectivity index (χ1v) is 10.7. The van der Waals surface area contributed by atoms with Gasteiger partial charge in [-0.25, -0.2) is 16.8 Å². The Kier molecular flexibility index (Phi) is 9.23. The molecule has 0 aromatic rings. The van der Waals surface area contributed by atoms with Gasteiger partial charge < -0.3 is 9.79 Å². The largest absolute Gasteiger partial charge is 0.338 e. The van der Waals surface area contributed by atoms with Gasteiger partial charge in [-0.2, -0.15) is 0 Å². The Morgan fingerprint density at radius 1 is 1.00 bits per heavy atom. The average Bonchev–Trinajstić information content (AvgIpc) is 2.26. The van der Waals surface area contributed by atoms with Crippen LogP contribution in [0, 0.1) is 0 Å². The van der Waals surface area contributed by atoms with Gasteiger partial charge in [0.15, 0.2) is 23.8 Å². The number of hydrogen-bond donors (Lipinski definition) is 2. The maximum atomic E-state index is 11.7. The molecule has 0 unspecified atom stereocenters. The zero-order valence-electron chi connectivity index (χ0n) is 10.8. The van der Waals surface area contributed by atoms with E-state index in [1.54, 1.807) is 6.92 Å². The topological polar surface area (TPSA) is 109 Å². The third kappa shape index (κ3) is 5.27. The van der Waals surface area contributed by atoms with E-state index in [1.165, 1.54) is 20.8 Å². The highest BCUT2D eigenvalue weighted by Gasteiger charge is 2.47. The molecule has 0 bridgehead atoms. The second kappa shape index (κ2) is 7.97. The van der Waals surface area contributed by atoms with E-state index in [0.29, 0.717) is 0 Å². The SMILES string of the molecule is CCC(C)(S(=O)(=O)CC)S(=O)(=O)CC.OP(O)Cl. The molecule has 6 nitrogen and oxygen atoms in total. The lowest BCUT2D eigenvalue weighted by Gasteiger charge is -2.26. The van der Waals surface area contributed by atoms with Gasteiger partial charge in [0.05, 0.1) is 0 Å². The molecule has 0 aliphatic carbocycles. The molecule has 18 heavy (non-hydrogen) atoms. The summed E-state index contributed by atoms with van der Waals surface area (Å²) in [4.78, 5) is 14.9. The van der Waals surface area contributed by atoms with Crippen molar-refractivity contribution in [2.24, 2.45) is 0 Å². The summed E-state index contributed by atoms with van der Waals surface area (Å²) in [7, 11) is -9.28. The summed E-state index contributed by atoms with van der Waals surface area (Å²) in [5.41, 5.74) is 0. The van der Waals surface area contributed by atoms with Crippen molar-refractivity contribution in [3.05, 3.63) is 0 Å². The Balaban J connectivity index is 0. The number of sulfone groups is 2. The van der Waals surface area contributed by atoms with Crippen LogP contribution in [0.1, 0.15) is 34.1 Å². The summed E-state index contributed by atoms with van der Waals surface area (Å²) >= 11 is 4.45. The Hall–Kier alpha value is 0.540. The summed E-state index contributed by atoms with van der Waals surface area (Å²) in [5.74, 6) is -0.285. The molecule has 0 aromatic carbocycles. The van der Waals surface area contributed by atoms with E-state index in [9.17, 15) is 16.8 Å². The van der Waals surface area contributed by atoms with Crippen molar-refractivity contribution in [1.82, 2.24) is 0 Å². The standard InChI is InChI=1S/C8H18O4S2.ClH2O2P/c1-5-8(4,13(9,10)6-2)14(11,12)7-3;1-4(2)3/h5-7H2,1-4H3;2-3H. The van der Waals surface area contributed by atoms with Crippen LogP contribution in [-0.2, 0) is 19.7 Å². The van der Waals surface area contributed by atoms with Crippen LogP contribution in [0.4, 0.5) is 0 Å². The van der Waals surface area contributed by atoms with Crippen LogP contribution in [0.3, 0.4) is 0 Å². The minimum Gasteiger partial charge on any atom is -0.338 e. The van der Waals surface area contributed by atoms with E-state index in [0.717, 1.165) is 0 Å². The monoisotopic (exact) mass is 342 g/mol. The van der Waals surface area contributed by atoms with Gasteiger partial charge in [0.25, 0.3) is 7.73 Å². The van der Waals surface area contributed by atoms with Gasteiger partial charge in [0.2, 0.25) is 0 Å². The van der Waals surface area contributed by atoms with E-state index < -0.39 is 31.5 Å². The normalized spacial score (nSPS) is 13.1. The lowest BCUT2D eigenvalue weighted by Crippen LogP contribution is -2.44. The molecule has 0 rings (SSSR count). The van der Waals surface area contributed by atoms with Crippen molar-refractivity contribution in [2.45, 2.75) is 38.2 Å². The molecule has 0 saturated carbocycles. The lowest BCUT2D eigenvalue weighted by molar-refractivity contribution is 0.504. The van der Waals surface area contributed by atoms with Gasteiger partial charge in [0.1, 0.15) is 0 Å². The Morgan fingerprint density at radius 3 is 1.33 bits per heavy atom. The van der Waals surface area contributed by atoms with E-state index >= 15 is 0 Å². The molecule has 0 heterocycles. The molecule has 0 atom stereocenters. The van der Waals surface area contributed by atoms with Gasteiger partial charge in [-0.3, -0.25) is 0 Å². The van der Waals surface area contributed by atoms with E-state index in [2.05, 4.69) is 11.2 Å². The Labute approximate surface area is 115 Å². The molecule has 0 spiro atoms. The number of hydrogen-bond acceptors (Lipinski definition) is 6. The Morgan fingerprint density at radius 2 is 1.22 bits per heavy atom. The fourth-order valence-corrected chi connectivity index (χ4v) is 5.60. The van der Waals surface area contributed by atoms with Crippen molar-refractivity contribution in [1.29, 1.82) is 0 Å². The maximum absolute atomic E-state index is 11.7. The van der Waals surface area contributed by atoms with Crippen molar-refractivity contribution in [3.8, 4) is 0 Å². The van der Waals surface area contributed by atoms with Gasteiger partial charge in [0, 0.05) is 11.5 Å². The average molecular weight is 343 g/mol. The highest BCUT2D eigenvalue weighted by molar-refractivity contribution is 8.10. The fraction of sp³-hybridized carbons (Fsp3) is 1.00. The highest BCUT2D eigenvalue weighted by Crippen LogP contribution is 2.29. The molecule has 0 fully saturated rings. The second-order valence-corrected chi connectivity index (χ2v) is 10.6. The second-order valence-electron chi connectivity index (χ2n) is 3.53. The van der Waals surface area contributed by atoms with Gasteiger partial charge in [-0.05, 0) is 24.6 Å². The molecular weight excluding hydrogens is 323 g/mol. The molecule has 10 heteroatoms. The molecule has 0 amide bonds. The fourth-order valence-electron chi connectivity index (χ4n) is 1.24. The van der Waals surface area contributed by atoms with Crippen molar-refractivity contribution >= 4 is 38.6 Å². The summed E-state index contributed by atoms with van der Waals surface area (Å²) in [6.45, 7) is 5.81. The van der Waals surface area contributed by atoms with E-state index in [-0.39, 0.29) is 17.9 Å². The molecule has 0 aromatic heterocycles. The van der Waals surface area contributed by atoms with Crippen molar-refractivity contribution in [3.63, 3.8) is 0 Å². The quantitative estimate of drug-likeness (QED) is 0.731. The summed E-state index contributed by atoms with van der Waals surface area (Å²) < 4.78 is 45.1. The van der Waals surface area contributed by atoms with Gasteiger partial charge >= 0.3 is 0 Å². The predicted octanol–water partition coefficient (Wildman–Crippen LogP) is 1.42. The van der Waals surface area contributed by atoms with E-state index in [1.807, 2.05) is 0 Å². The minimum absolute atomic E-state index is 0.0966. The molecule has 0 radical (unpaired) electrons. The van der Waals surface area contributed by atoms with Crippen LogP contribution >= 0.6 is 19.0 Å². The van der Waals surface area contributed by atoms with Crippen LogP contribution in [0.25, 0.3) is 0 Å². The molecule has 2 N–H and O–H groups in total. The lowest BCUT2D eigenvalue weighted by atomic mass is 10.4. The van der Waals surface area contributed by atoms with Crippen molar-refractivity contribution in [2.75, 3.05) is 11.5 Å². The number of halogens is 1. The third-order valence-corrected chi connectivity index (χ3v) is 8.97. The maximum Gasteiger partial charge on any atom is 0.271 e. The summed E-state index contributed by atoms with van der Waals surface area (Å²) in [6.07, 6.45) is 0.0966. The van der Waals surface area contributed by atoms with Crippen LogP contribution < -0.4 is 0 Å². The molecule has 0 aliphatic rings. The summed E-state index contributed by atoms with van der Waals surface area (Å²) in [5, 5.41) is 0. The zero-order chi connectivity index (χ0) is 15.2. The van der Waals surface area contributed by atoms with Gasteiger partial charge in [-0.15, -0.1) is 0 Å². The summed E-state index contributed by atoms with van der Waals surface area (Å²) in [6, 6.07) is 0. The Bertz CT molecular complexity index is 394. The highest BCUT2D eigenvalue weighted by atomic mass is 35.7. The van der Waals surface area contributed by atoms with E-state index in [4.69, 9.17) is 9.79 Å². The smallest absolute Gasteiger partial charge is 0.271 e. The third-order valence-electron chi connectivity index (χ3n) is 2.72. The van der Waals surface area contributed by atoms with Crippen LogP contribution in [0.2, 0.25) is 0 Å². The molecule has 0 aliphatic heterocycles. The van der Waals surface area contributed by atoms with Crippen molar-refractivity contribution < 1.29 is 26.6 Å². The minimum atomic E-state index is -3.57. The predicted molar refractivity (Wildman–Crippen MR) is 74.8 cm³/mol. The number of rotatable bonds is 5. The van der Waals surface area contributed by atoms with Crippen LogP contribution in [0.5, 0.6) is 0 Å². The first-order chi connectivity index (χ1) is 7.91. The zero-order valence-corrected chi connectivity index (χ0v) is 14.1.